The normalized spacial score (nSPS) is 12.2. The standard InChI is InChI=1S/C15H22FNO/c1-3-5-6-13(4-2)15(18)17-11-12-7-9-14(16)10-8-12/h7-10,13H,3-6,11H2,1-2H3,(H,17,18)/t13-/m1/s1. The van der Waals surface area contributed by atoms with Crippen LogP contribution in [0.4, 0.5) is 4.39 Å². The van der Waals surface area contributed by atoms with Crippen LogP contribution in [0, 0.1) is 11.7 Å². The second kappa shape index (κ2) is 7.85. The topological polar surface area (TPSA) is 29.1 Å². The lowest BCUT2D eigenvalue weighted by molar-refractivity contribution is -0.125. The summed E-state index contributed by atoms with van der Waals surface area (Å²) in [5, 5.41) is 2.92. The molecule has 0 saturated heterocycles. The van der Waals surface area contributed by atoms with Crippen molar-refractivity contribution < 1.29 is 9.18 Å². The van der Waals surface area contributed by atoms with Gasteiger partial charge in [0.05, 0.1) is 0 Å². The fourth-order valence-corrected chi connectivity index (χ4v) is 1.91. The van der Waals surface area contributed by atoms with Crippen LogP contribution < -0.4 is 5.32 Å². The van der Waals surface area contributed by atoms with Crippen molar-refractivity contribution in [3.8, 4) is 0 Å². The van der Waals surface area contributed by atoms with E-state index < -0.39 is 0 Å². The van der Waals surface area contributed by atoms with Crippen LogP contribution in [0.5, 0.6) is 0 Å². The Labute approximate surface area is 109 Å². The summed E-state index contributed by atoms with van der Waals surface area (Å²) >= 11 is 0. The summed E-state index contributed by atoms with van der Waals surface area (Å²) in [6.45, 7) is 4.64. The zero-order valence-electron chi connectivity index (χ0n) is 11.2. The highest BCUT2D eigenvalue weighted by Crippen LogP contribution is 2.13. The molecule has 2 nitrogen and oxygen atoms in total. The fraction of sp³-hybridized carbons (Fsp3) is 0.533. The van der Waals surface area contributed by atoms with E-state index in [1.165, 1.54) is 12.1 Å². The van der Waals surface area contributed by atoms with Crippen molar-refractivity contribution in [1.29, 1.82) is 0 Å². The SMILES string of the molecule is CCCC[C@@H](CC)C(=O)NCc1ccc(F)cc1. The number of amides is 1. The van der Waals surface area contributed by atoms with Gasteiger partial charge in [0.15, 0.2) is 0 Å². The minimum Gasteiger partial charge on any atom is -0.352 e. The number of hydrogen-bond donors (Lipinski definition) is 1. The van der Waals surface area contributed by atoms with E-state index in [0.717, 1.165) is 31.2 Å². The lowest BCUT2D eigenvalue weighted by Crippen LogP contribution is -2.30. The summed E-state index contributed by atoms with van der Waals surface area (Å²) in [6, 6.07) is 6.22. The van der Waals surface area contributed by atoms with Gasteiger partial charge in [-0.2, -0.15) is 0 Å². The monoisotopic (exact) mass is 251 g/mol. The van der Waals surface area contributed by atoms with Gasteiger partial charge < -0.3 is 5.32 Å². The highest BCUT2D eigenvalue weighted by molar-refractivity contribution is 5.78. The van der Waals surface area contributed by atoms with Gasteiger partial charge in [-0.05, 0) is 30.5 Å². The molecule has 0 aliphatic rings. The van der Waals surface area contributed by atoms with E-state index in [-0.39, 0.29) is 17.6 Å². The average molecular weight is 251 g/mol. The Morgan fingerprint density at radius 1 is 1.28 bits per heavy atom. The first-order valence-electron chi connectivity index (χ1n) is 6.69. The quantitative estimate of drug-likeness (QED) is 0.787. The third-order valence-corrected chi connectivity index (χ3v) is 3.15. The van der Waals surface area contributed by atoms with E-state index in [4.69, 9.17) is 0 Å². The first-order chi connectivity index (χ1) is 8.67. The molecule has 1 aromatic rings. The Bertz CT molecular complexity index is 361. The average Bonchev–Trinajstić information content (AvgIpc) is 2.39. The van der Waals surface area contributed by atoms with E-state index in [1.54, 1.807) is 12.1 Å². The first kappa shape index (κ1) is 14.7. The summed E-state index contributed by atoms with van der Waals surface area (Å²) in [5.41, 5.74) is 0.926. The van der Waals surface area contributed by atoms with E-state index in [0.29, 0.717) is 6.54 Å². The number of carbonyl (C=O) groups excluding carboxylic acids is 1. The molecular weight excluding hydrogens is 229 g/mol. The van der Waals surface area contributed by atoms with Crippen LogP contribution in [0.1, 0.15) is 45.1 Å². The number of nitrogens with one attached hydrogen (secondary N) is 1. The van der Waals surface area contributed by atoms with Crippen molar-refractivity contribution in [3.63, 3.8) is 0 Å². The number of unbranched alkanes of at least 4 members (excludes halogenated alkanes) is 1. The molecule has 1 atom stereocenters. The van der Waals surface area contributed by atoms with Gasteiger partial charge in [-0.15, -0.1) is 0 Å². The van der Waals surface area contributed by atoms with Crippen LogP contribution in [-0.4, -0.2) is 5.91 Å². The maximum Gasteiger partial charge on any atom is 0.223 e. The molecule has 3 heteroatoms. The number of carbonyl (C=O) groups is 1. The molecule has 0 radical (unpaired) electrons. The molecular formula is C15H22FNO. The largest absolute Gasteiger partial charge is 0.352 e. The number of benzene rings is 1. The molecule has 1 rings (SSSR count). The molecule has 0 heterocycles. The highest BCUT2D eigenvalue weighted by Gasteiger charge is 2.14. The van der Waals surface area contributed by atoms with Crippen LogP contribution >= 0.6 is 0 Å². The van der Waals surface area contributed by atoms with Gasteiger partial charge in [-0.3, -0.25) is 4.79 Å². The van der Waals surface area contributed by atoms with Crippen molar-refractivity contribution in [3.05, 3.63) is 35.6 Å². The van der Waals surface area contributed by atoms with E-state index in [9.17, 15) is 9.18 Å². The Morgan fingerprint density at radius 2 is 1.94 bits per heavy atom. The predicted octanol–water partition coefficient (Wildman–Crippen LogP) is 3.66. The molecule has 0 aliphatic heterocycles. The molecule has 0 fully saturated rings. The maximum absolute atomic E-state index is 12.7. The van der Waals surface area contributed by atoms with Crippen LogP contribution in [0.2, 0.25) is 0 Å². The number of rotatable bonds is 7. The maximum atomic E-state index is 12.7. The summed E-state index contributed by atoms with van der Waals surface area (Å²) in [7, 11) is 0. The van der Waals surface area contributed by atoms with Gasteiger partial charge in [0.2, 0.25) is 5.91 Å². The number of halogens is 1. The van der Waals surface area contributed by atoms with E-state index in [1.807, 2.05) is 6.92 Å². The van der Waals surface area contributed by atoms with Crippen LogP contribution in [0.3, 0.4) is 0 Å². The molecule has 100 valence electrons. The molecule has 1 N–H and O–H groups in total. The molecule has 1 aromatic carbocycles. The van der Waals surface area contributed by atoms with Gasteiger partial charge in [0, 0.05) is 12.5 Å². The van der Waals surface area contributed by atoms with Crippen molar-refractivity contribution in [1.82, 2.24) is 5.32 Å². The van der Waals surface area contributed by atoms with Crippen molar-refractivity contribution in [2.24, 2.45) is 5.92 Å². The zero-order valence-corrected chi connectivity index (χ0v) is 11.2. The lowest BCUT2D eigenvalue weighted by atomic mass is 9.98. The summed E-state index contributed by atoms with van der Waals surface area (Å²) in [5.74, 6) is -0.0415. The van der Waals surface area contributed by atoms with Crippen LogP contribution in [0.25, 0.3) is 0 Å². The Balaban J connectivity index is 2.41. The van der Waals surface area contributed by atoms with Gasteiger partial charge in [-0.1, -0.05) is 38.8 Å². The van der Waals surface area contributed by atoms with Crippen LogP contribution in [0.15, 0.2) is 24.3 Å². The molecule has 1 amide bonds. The third kappa shape index (κ3) is 4.86. The van der Waals surface area contributed by atoms with Gasteiger partial charge in [0.1, 0.15) is 5.82 Å². The molecule has 0 aromatic heterocycles. The fourth-order valence-electron chi connectivity index (χ4n) is 1.91. The minimum absolute atomic E-state index is 0.102. The Kier molecular flexibility index (Phi) is 6.40. The molecule has 18 heavy (non-hydrogen) atoms. The van der Waals surface area contributed by atoms with Crippen molar-refractivity contribution >= 4 is 5.91 Å². The van der Waals surface area contributed by atoms with E-state index >= 15 is 0 Å². The molecule has 0 saturated carbocycles. The number of hydrogen-bond acceptors (Lipinski definition) is 1. The molecule has 0 spiro atoms. The van der Waals surface area contributed by atoms with Gasteiger partial charge in [0.25, 0.3) is 0 Å². The lowest BCUT2D eigenvalue weighted by Gasteiger charge is -2.14. The summed E-state index contributed by atoms with van der Waals surface area (Å²) < 4.78 is 12.7. The molecule has 0 aliphatic carbocycles. The first-order valence-corrected chi connectivity index (χ1v) is 6.69. The van der Waals surface area contributed by atoms with Crippen LogP contribution in [-0.2, 0) is 11.3 Å². The van der Waals surface area contributed by atoms with Gasteiger partial charge >= 0.3 is 0 Å². The second-order valence-corrected chi connectivity index (χ2v) is 4.59. The molecule has 0 bridgehead atoms. The van der Waals surface area contributed by atoms with E-state index in [2.05, 4.69) is 12.2 Å². The summed E-state index contributed by atoms with van der Waals surface area (Å²) in [6.07, 6.45) is 4.02. The zero-order chi connectivity index (χ0) is 13.4. The van der Waals surface area contributed by atoms with Gasteiger partial charge in [-0.25, -0.2) is 4.39 Å². The second-order valence-electron chi connectivity index (χ2n) is 4.59. The predicted molar refractivity (Wildman–Crippen MR) is 71.6 cm³/mol. The Hall–Kier alpha value is -1.38. The smallest absolute Gasteiger partial charge is 0.223 e. The minimum atomic E-state index is -0.251. The Morgan fingerprint density at radius 3 is 2.50 bits per heavy atom. The summed E-state index contributed by atoms with van der Waals surface area (Å²) in [4.78, 5) is 11.9. The highest BCUT2D eigenvalue weighted by atomic mass is 19.1. The third-order valence-electron chi connectivity index (χ3n) is 3.15. The van der Waals surface area contributed by atoms with Crippen molar-refractivity contribution in [2.45, 2.75) is 46.1 Å². The van der Waals surface area contributed by atoms with Crippen molar-refractivity contribution in [2.75, 3.05) is 0 Å². The molecule has 0 unspecified atom stereocenters.